The van der Waals surface area contributed by atoms with E-state index in [1.54, 1.807) is 0 Å². The maximum Gasteiger partial charge on any atom is 0.202 e. The molecule has 0 aliphatic heterocycles. The molecule has 1 heterocycles. The second-order valence-corrected chi connectivity index (χ2v) is 5.10. The van der Waals surface area contributed by atoms with Crippen molar-refractivity contribution in [3.63, 3.8) is 0 Å². The summed E-state index contributed by atoms with van der Waals surface area (Å²) in [6, 6.07) is 0. The number of nitrogens with zero attached hydrogens (tertiary/aromatic N) is 2. The normalized spacial score (nSPS) is 13.1. The van der Waals surface area contributed by atoms with Gasteiger partial charge in [0.15, 0.2) is 0 Å². The summed E-state index contributed by atoms with van der Waals surface area (Å²) in [6.07, 6.45) is 2.22. The summed E-state index contributed by atoms with van der Waals surface area (Å²) >= 11 is 1.44. The highest BCUT2D eigenvalue weighted by molar-refractivity contribution is 7.09. The van der Waals surface area contributed by atoms with Crippen molar-refractivity contribution < 1.29 is 0 Å². The van der Waals surface area contributed by atoms with E-state index in [4.69, 9.17) is 5.73 Å². The van der Waals surface area contributed by atoms with Crippen LogP contribution in [0.2, 0.25) is 0 Å². The van der Waals surface area contributed by atoms with Crippen LogP contribution in [0.25, 0.3) is 0 Å². The van der Waals surface area contributed by atoms with Gasteiger partial charge in [0.1, 0.15) is 5.82 Å². The molecule has 0 spiro atoms. The van der Waals surface area contributed by atoms with E-state index in [0.717, 1.165) is 36.9 Å². The summed E-state index contributed by atoms with van der Waals surface area (Å²) in [4.78, 5) is 4.44. The van der Waals surface area contributed by atoms with E-state index in [-0.39, 0.29) is 0 Å². The molecule has 16 heavy (non-hydrogen) atoms. The van der Waals surface area contributed by atoms with Crippen molar-refractivity contribution in [2.45, 2.75) is 39.5 Å². The molecule has 0 bridgehead atoms. The maximum absolute atomic E-state index is 5.56. The second kappa shape index (κ2) is 6.81. The molecule has 5 heteroatoms. The molecule has 0 radical (unpaired) electrons. The Morgan fingerprint density at radius 1 is 1.44 bits per heavy atom. The topological polar surface area (TPSA) is 63.8 Å². The number of nitrogens with one attached hydrogen (secondary N) is 1. The first-order valence-electron chi connectivity index (χ1n) is 5.94. The number of nitrogens with two attached hydrogens (primary N) is 1. The minimum atomic E-state index is 0.401. The van der Waals surface area contributed by atoms with Crippen LogP contribution in [0.3, 0.4) is 0 Å². The number of rotatable bonds is 7. The quantitative estimate of drug-likeness (QED) is 0.771. The van der Waals surface area contributed by atoms with Gasteiger partial charge in [0.25, 0.3) is 0 Å². The fraction of sp³-hybridized carbons (Fsp3) is 0.818. The van der Waals surface area contributed by atoms with Gasteiger partial charge in [0, 0.05) is 24.0 Å². The molecule has 0 fully saturated rings. The maximum atomic E-state index is 5.56. The van der Waals surface area contributed by atoms with Gasteiger partial charge < -0.3 is 11.1 Å². The summed E-state index contributed by atoms with van der Waals surface area (Å²) in [6.45, 7) is 8.11. The molecule has 0 aliphatic rings. The molecular formula is C11H22N4S. The predicted octanol–water partition coefficient (Wildman–Crippen LogP) is 2.45. The van der Waals surface area contributed by atoms with Gasteiger partial charge in [-0.3, -0.25) is 0 Å². The molecule has 1 rings (SSSR count). The molecule has 1 atom stereocenters. The van der Waals surface area contributed by atoms with Crippen molar-refractivity contribution >= 4 is 16.7 Å². The predicted molar refractivity (Wildman–Crippen MR) is 69.9 cm³/mol. The zero-order valence-electron chi connectivity index (χ0n) is 10.4. The molecule has 0 aliphatic carbocycles. The third-order valence-electron chi connectivity index (χ3n) is 2.65. The van der Waals surface area contributed by atoms with E-state index in [0.29, 0.717) is 11.8 Å². The Kier molecular flexibility index (Phi) is 5.69. The van der Waals surface area contributed by atoms with Crippen LogP contribution in [0.15, 0.2) is 0 Å². The number of hydrogen-bond donors (Lipinski definition) is 2. The molecule has 92 valence electrons. The van der Waals surface area contributed by atoms with Crippen molar-refractivity contribution in [1.82, 2.24) is 9.36 Å². The molecular weight excluding hydrogens is 220 g/mol. The van der Waals surface area contributed by atoms with E-state index in [1.165, 1.54) is 11.5 Å². The van der Waals surface area contributed by atoms with Gasteiger partial charge in [0.2, 0.25) is 5.13 Å². The summed E-state index contributed by atoms with van der Waals surface area (Å²) in [5.41, 5.74) is 5.56. The Balaban J connectivity index is 2.41. The fourth-order valence-corrected chi connectivity index (χ4v) is 2.17. The van der Waals surface area contributed by atoms with Gasteiger partial charge in [-0.1, -0.05) is 27.2 Å². The van der Waals surface area contributed by atoms with Crippen LogP contribution in [0.4, 0.5) is 5.13 Å². The Morgan fingerprint density at radius 2 is 2.19 bits per heavy atom. The molecule has 0 saturated heterocycles. The lowest BCUT2D eigenvalue weighted by molar-refractivity contribution is 0.501. The molecule has 3 N–H and O–H groups in total. The van der Waals surface area contributed by atoms with E-state index in [1.807, 2.05) is 0 Å². The molecule has 0 saturated carbocycles. The van der Waals surface area contributed by atoms with E-state index in [9.17, 15) is 0 Å². The largest absolute Gasteiger partial charge is 0.360 e. The first-order chi connectivity index (χ1) is 7.67. The summed E-state index contributed by atoms with van der Waals surface area (Å²) in [5.74, 6) is 1.97. The van der Waals surface area contributed by atoms with Crippen molar-refractivity contribution in [1.29, 1.82) is 0 Å². The zero-order chi connectivity index (χ0) is 12.0. The van der Waals surface area contributed by atoms with Gasteiger partial charge in [-0.25, -0.2) is 4.98 Å². The smallest absolute Gasteiger partial charge is 0.202 e. The summed E-state index contributed by atoms with van der Waals surface area (Å²) in [5, 5.41) is 4.27. The Bertz CT molecular complexity index is 298. The lowest BCUT2D eigenvalue weighted by Gasteiger charge is -2.13. The van der Waals surface area contributed by atoms with Gasteiger partial charge in [0.05, 0.1) is 0 Å². The Labute approximate surface area is 102 Å². The molecule has 1 aromatic rings. The van der Waals surface area contributed by atoms with Crippen LogP contribution in [0.5, 0.6) is 0 Å². The van der Waals surface area contributed by atoms with Crippen LogP contribution >= 0.6 is 11.5 Å². The average Bonchev–Trinajstić information content (AvgIpc) is 2.73. The fourth-order valence-electron chi connectivity index (χ4n) is 1.46. The molecule has 4 nitrogen and oxygen atoms in total. The third kappa shape index (κ3) is 4.06. The highest BCUT2D eigenvalue weighted by atomic mass is 32.1. The second-order valence-electron chi connectivity index (χ2n) is 4.34. The van der Waals surface area contributed by atoms with Crippen molar-refractivity contribution in [2.75, 3.05) is 18.4 Å². The van der Waals surface area contributed by atoms with Crippen molar-refractivity contribution in [3.05, 3.63) is 5.82 Å². The third-order valence-corrected chi connectivity index (χ3v) is 3.34. The van der Waals surface area contributed by atoms with Crippen LogP contribution in [-0.4, -0.2) is 22.4 Å². The van der Waals surface area contributed by atoms with Crippen LogP contribution < -0.4 is 11.1 Å². The average molecular weight is 242 g/mol. The first kappa shape index (κ1) is 13.4. The van der Waals surface area contributed by atoms with Gasteiger partial charge in [-0.05, 0) is 18.9 Å². The standard InChI is InChI=1S/C11H22N4S/c1-4-9(5-6-12)7-13-11-14-10(8(2)3)15-16-11/h8-9H,4-7,12H2,1-3H3,(H,13,14,15). The monoisotopic (exact) mass is 242 g/mol. The highest BCUT2D eigenvalue weighted by Crippen LogP contribution is 2.18. The van der Waals surface area contributed by atoms with E-state index >= 15 is 0 Å². The Hall–Kier alpha value is -0.680. The minimum Gasteiger partial charge on any atom is -0.360 e. The minimum absolute atomic E-state index is 0.401. The molecule has 0 amide bonds. The Morgan fingerprint density at radius 3 is 2.69 bits per heavy atom. The summed E-state index contributed by atoms with van der Waals surface area (Å²) < 4.78 is 4.31. The number of hydrogen-bond acceptors (Lipinski definition) is 5. The first-order valence-corrected chi connectivity index (χ1v) is 6.72. The molecule has 1 unspecified atom stereocenters. The zero-order valence-corrected chi connectivity index (χ0v) is 11.2. The summed E-state index contributed by atoms with van der Waals surface area (Å²) in [7, 11) is 0. The van der Waals surface area contributed by atoms with Gasteiger partial charge in [-0.2, -0.15) is 4.37 Å². The van der Waals surface area contributed by atoms with Crippen molar-refractivity contribution in [3.8, 4) is 0 Å². The SMILES string of the molecule is CCC(CCN)CNc1nc(C(C)C)ns1. The lowest BCUT2D eigenvalue weighted by atomic mass is 10.0. The van der Waals surface area contributed by atoms with Crippen LogP contribution in [0.1, 0.15) is 45.4 Å². The molecule has 1 aromatic heterocycles. The van der Waals surface area contributed by atoms with E-state index < -0.39 is 0 Å². The van der Waals surface area contributed by atoms with Crippen molar-refractivity contribution in [2.24, 2.45) is 11.7 Å². The van der Waals surface area contributed by atoms with Gasteiger partial charge in [-0.15, -0.1) is 0 Å². The van der Waals surface area contributed by atoms with Crippen LogP contribution in [-0.2, 0) is 0 Å². The van der Waals surface area contributed by atoms with Gasteiger partial charge >= 0.3 is 0 Å². The molecule has 0 aromatic carbocycles. The number of aromatic nitrogens is 2. The van der Waals surface area contributed by atoms with E-state index in [2.05, 4.69) is 35.4 Å². The highest BCUT2D eigenvalue weighted by Gasteiger charge is 2.09. The number of anilines is 1. The lowest BCUT2D eigenvalue weighted by Crippen LogP contribution is -2.17. The van der Waals surface area contributed by atoms with Crippen LogP contribution in [0, 0.1) is 5.92 Å².